The Kier molecular flexibility index (Phi) is 4.65. The summed E-state index contributed by atoms with van der Waals surface area (Å²) in [5.74, 6) is 0. The summed E-state index contributed by atoms with van der Waals surface area (Å²) in [6.07, 6.45) is 0. The normalized spacial score (nSPS) is 11.6. The van der Waals surface area contributed by atoms with E-state index in [1.54, 1.807) is 32.3 Å². The van der Waals surface area contributed by atoms with Crippen molar-refractivity contribution in [1.82, 2.24) is 4.31 Å². The standard InChI is InChI=1S/C16H20N2O2S/c1-13-7-6-8-14(11-13)12-18(3)21(19,20)16-10-5-4-9-15(16)17-2/h4-11,17H,12H2,1-3H3. The van der Waals surface area contributed by atoms with Crippen molar-refractivity contribution in [2.75, 3.05) is 19.4 Å². The first-order valence-electron chi connectivity index (χ1n) is 6.74. The fraction of sp³-hybridized carbons (Fsp3) is 0.250. The van der Waals surface area contributed by atoms with Crippen LogP contribution in [0.1, 0.15) is 11.1 Å². The summed E-state index contributed by atoms with van der Waals surface area (Å²) in [4.78, 5) is 0.294. The first-order valence-corrected chi connectivity index (χ1v) is 8.18. The summed E-state index contributed by atoms with van der Waals surface area (Å²) in [6.45, 7) is 2.34. The Hall–Kier alpha value is -1.85. The molecule has 0 aromatic heterocycles. The van der Waals surface area contributed by atoms with Gasteiger partial charge in [0.05, 0.1) is 5.69 Å². The number of rotatable bonds is 5. The number of hydrogen-bond donors (Lipinski definition) is 1. The van der Waals surface area contributed by atoms with Gasteiger partial charge in [-0.05, 0) is 24.6 Å². The van der Waals surface area contributed by atoms with Crippen molar-refractivity contribution in [2.45, 2.75) is 18.4 Å². The van der Waals surface area contributed by atoms with Crippen LogP contribution in [0, 0.1) is 6.92 Å². The summed E-state index contributed by atoms with van der Waals surface area (Å²) in [7, 11) is -0.203. The molecule has 21 heavy (non-hydrogen) atoms. The third-order valence-electron chi connectivity index (χ3n) is 3.33. The third-order valence-corrected chi connectivity index (χ3v) is 5.19. The highest BCUT2D eigenvalue weighted by atomic mass is 32.2. The fourth-order valence-corrected chi connectivity index (χ4v) is 3.57. The molecule has 0 amide bonds. The summed E-state index contributed by atoms with van der Waals surface area (Å²) < 4.78 is 26.7. The molecule has 2 aromatic rings. The SMILES string of the molecule is CNc1ccccc1S(=O)(=O)N(C)Cc1cccc(C)c1. The molecule has 1 N–H and O–H groups in total. The van der Waals surface area contributed by atoms with Crippen LogP contribution < -0.4 is 5.32 Å². The first-order chi connectivity index (χ1) is 9.95. The van der Waals surface area contributed by atoms with E-state index in [0.717, 1.165) is 11.1 Å². The van der Waals surface area contributed by atoms with Crippen molar-refractivity contribution < 1.29 is 8.42 Å². The van der Waals surface area contributed by atoms with Gasteiger partial charge >= 0.3 is 0 Å². The summed E-state index contributed by atoms with van der Waals surface area (Å²) in [6, 6.07) is 14.8. The molecule has 0 radical (unpaired) electrons. The van der Waals surface area contributed by atoms with Gasteiger partial charge in [0, 0.05) is 20.6 Å². The Morgan fingerprint density at radius 1 is 1.10 bits per heavy atom. The molecule has 2 rings (SSSR count). The van der Waals surface area contributed by atoms with Gasteiger partial charge in [0.1, 0.15) is 4.90 Å². The highest BCUT2D eigenvalue weighted by Gasteiger charge is 2.23. The lowest BCUT2D eigenvalue weighted by molar-refractivity contribution is 0.467. The fourth-order valence-electron chi connectivity index (χ4n) is 2.22. The molecule has 112 valence electrons. The maximum absolute atomic E-state index is 12.7. The monoisotopic (exact) mass is 304 g/mol. The predicted octanol–water partition coefficient (Wildman–Crippen LogP) is 2.86. The zero-order valence-electron chi connectivity index (χ0n) is 12.5. The second kappa shape index (κ2) is 6.28. The number of sulfonamides is 1. The number of aryl methyl sites for hydroxylation is 1. The van der Waals surface area contributed by atoms with E-state index in [4.69, 9.17) is 0 Å². The van der Waals surface area contributed by atoms with Gasteiger partial charge in [-0.25, -0.2) is 8.42 Å². The molecule has 0 heterocycles. The van der Waals surface area contributed by atoms with E-state index in [2.05, 4.69) is 5.32 Å². The van der Waals surface area contributed by atoms with E-state index in [1.807, 2.05) is 37.3 Å². The van der Waals surface area contributed by atoms with Crippen LogP contribution in [-0.4, -0.2) is 26.8 Å². The lowest BCUT2D eigenvalue weighted by Gasteiger charge is -2.19. The zero-order valence-corrected chi connectivity index (χ0v) is 13.3. The molecule has 4 nitrogen and oxygen atoms in total. The summed E-state index contributed by atoms with van der Waals surface area (Å²) in [5, 5.41) is 2.92. The quantitative estimate of drug-likeness (QED) is 0.924. The van der Waals surface area contributed by atoms with E-state index >= 15 is 0 Å². The molecular weight excluding hydrogens is 284 g/mol. The third kappa shape index (κ3) is 3.43. The molecule has 0 saturated heterocycles. The molecule has 5 heteroatoms. The summed E-state index contributed by atoms with van der Waals surface area (Å²) >= 11 is 0. The van der Waals surface area contributed by atoms with Gasteiger partial charge in [0.25, 0.3) is 0 Å². The van der Waals surface area contributed by atoms with E-state index in [9.17, 15) is 8.42 Å². The smallest absolute Gasteiger partial charge is 0.245 e. The van der Waals surface area contributed by atoms with Gasteiger partial charge in [0.2, 0.25) is 10.0 Å². The number of para-hydroxylation sites is 1. The summed E-state index contributed by atoms with van der Waals surface area (Å²) in [5.41, 5.74) is 2.70. The van der Waals surface area contributed by atoms with E-state index in [-0.39, 0.29) is 0 Å². The Morgan fingerprint density at radius 3 is 2.48 bits per heavy atom. The number of benzene rings is 2. The van der Waals surface area contributed by atoms with Gasteiger partial charge in [-0.2, -0.15) is 4.31 Å². The molecule has 0 aliphatic heterocycles. The van der Waals surface area contributed by atoms with Crippen molar-refractivity contribution in [3.8, 4) is 0 Å². The minimum Gasteiger partial charge on any atom is -0.387 e. The lowest BCUT2D eigenvalue weighted by atomic mass is 10.1. The number of nitrogens with zero attached hydrogens (tertiary/aromatic N) is 1. The average molecular weight is 304 g/mol. The van der Waals surface area contributed by atoms with Crippen LogP contribution in [0.5, 0.6) is 0 Å². The van der Waals surface area contributed by atoms with Crippen LogP contribution in [0.15, 0.2) is 53.4 Å². The van der Waals surface area contributed by atoms with E-state index in [0.29, 0.717) is 17.1 Å². The van der Waals surface area contributed by atoms with Crippen LogP contribution in [0.4, 0.5) is 5.69 Å². The number of nitrogens with one attached hydrogen (secondary N) is 1. The van der Waals surface area contributed by atoms with Crippen molar-refractivity contribution in [2.24, 2.45) is 0 Å². The van der Waals surface area contributed by atoms with Gasteiger partial charge in [0.15, 0.2) is 0 Å². The molecule has 0 spiro atoms. The maximum atomic E-state index is 12.7. The number of hydrogen-bond acceptors (Lipinski definition) is 3. The zero-order chi connectivity index (χ0) is 15.5. The van der Waals surface area contributed by atoms with Crippen LogP contribution in [-0.2, 0) is 16.6 Å². The Balaban J connectivity index is 2.31. The topological polar surface area (TPSA) is 49.4 Å². The molecule has 0 aliphatic rings. The van der Waals surface area contributed by atoms with Crippen LogP contribution in [0.3, 0.4) is 0 Å². The van der Waals surface area contributed by atoms with Gasteiger partial charge in [-0.15, -0.1) is 0 Å². The maximum Gasteiger partial charge on any atom is 0.245 e. The van der Waals surface area contributed by atoms with E-state index in [1.165, 1.54) is 4.31 Å². The Bertz CT molecular complexity index is 727. The average Bonchev–Trinajstić information content (AvgIpc) is 2.47. The van der Waals surface area contributed by atoms with Gasteiger partial charge in [-0.3, -0.25) is 0 Å². The minimum atomic E-state index is -3.52. The second-order valence-corrected chi connectivity index (χ2v) is 7.01. The molecule has 0 fully saturated rings. The molecule has 2 aromatic carbocycles. The minimum absolute atomic E-state index is 0.294. The van der Waals surface area contributed by atoms with Crippen LogP contribution in [0.2, 0.25) is 0 Å². The number of anilines is 1. The first kappa shape index (κ1) is 15.5. The highest BCUT2D eigenvalue weighted by Crippen LogP contribution is 2.24. The van der Waals surface area contributed by atoms with Crippen molar-refractivity contribution in [1.29, 1.82) is 0 Å². The molecule has 0 saturated carbocycles. The molecular formula is C16H20N2O2S. The van der Waals surface area contributed by atoms with Crippen molar-refractivity contribution in [3.05, 3.63) is 59.7 Å². The van der Waals surface area contributed by atoms with Gasteiger partial charge < -0.3 is 5.32 Å². The molecule has 0 unspecified atom stereocenters. The van der Waals surface area contributed by atoms with Crippen molar-refractivity contribution in [3.63, 3.8) is 0 Å². The second-order valence-electron chi connectivity index (χ2n) is 5.00. The van der Waals surface area contributed by atoms with Gasteiger partial charge in [-0.1, -0.05) is 42.0 Å². The Morgan fingerprint density at radius 2 is 1.81 bits per heavy atom. The lowest BCUT2D eigenvalue weighted by Crippen LogP contribution is -2.27. The molecule has 0 bridgehead atoms. The van der Waals surface area contributed by atoms with Crippen LogP contribution in [0.25, 0.3) is 0 Å². The molecule has 0 atom stereocenters. The van der Waals surface area contributed by atoms with Crippen LogP contribution >= 0.6 is 0 Å². The molecule has 0 aliphatic carbocycles. The highest BCUT2D eigenvalue weighted by molar-refractivity contribution is 7.89. The van der Waals surface area contributed by atoms with Crippen molar-refractivity contribution >= 4 is 15.7 Å². The largest absolute Gasteiger partial charge is 0.387 e. The van der Waals surface area contributed by atoms with E-state index < -0.39 is 10.0 Å². The Labute approximate surface area is 126 Å². The predicted molar refractivity (Wildman–Crippen MR) is 85.8 cm³/mol.